The summed E-state index contributed by atoms with van der Waals surface area (Å²) in [7, 11) is 1.65. The Balaban J connectivity index is 1.49. The van der Waals surface area contributed by atoms with Gasteiger partial charge in [-0.15, -0.1) is 0 Å². The second-order valence-corrected chi connectivity index (χ2v) is 8.02. The van der Waals surface area contributed by atoms with Crippen LogP contribution in [0, 0.1) is 0 Å². The zero-order chi connectivity index (χ0) is 20.3. The third-order valence-electron chi connectivity index (χ3n) is 5.92. The topological polar surface area (TPSA) is 60.9 Å². The van der Waals surface area contributed by atoms with Gasteiger partial charge in [0.25, 0.3) is 0 Å². The number of nitrogens with zero attached hydrogens (tertiary/aromatic N) is 2. The largest absolute Gasteiger partial charge is 0.493 e. The van der Waals surface area contributed by atoms with Crippen LogP contribution in [0.15, 0.2) is 42.7 Å². The standard InChI is InChI=1S/C23H28N2O4/c1-23(11-14-25(22(26)29-23)16-17-9-12-24-13-10-17)18-7-8-20(27-2)21(15-18)28-19-5-3-4-6-19/h7-10,12-13,15,19H,3-6,11,14,16H2,1-2H3. The third kappa shape index (κ3) is 4.31. The Hall–Kier alpha value is -2.76. The Morgan fingerprint density at radius 1 is 1.17 bits per heavy atom. The lowest BCUT2D eigenvalue weighted by atomic mass is 9.90. The molecular formula is C23H28N2O4. The molecule has 0 radical (unpaired) electrons. The smallest absolute Gasteiger partial charge is 0.410 e. The number of carbonyl (C=O) groups excluding carboxylic acids is 1. The van der Waals surface area contributed by atoms with Crippen LogP contribution in [-0.2, 0) is 16.9 Å². The number of cyclic esters (lactones) is 1. The minimum atomic E-state index is -0.689. The molecule has 4 rings (SSSR count). The summed E-state index contributed by atoms with van der Waals surface area (Å²) >= 11 is 0. The summed E-state index contributed by atoms with van der Waals surface area (Å²) in [5.41, 5.74) is 1.28. The van der Waals surface area contributed by atoms with Gasteiger partial charge in [-0.1, -0.05) is 6.07 Å². The summed E-state index contributed by atoms with van der Waals surface area (Å²) in [5, 5.41) is 0. The molecular weight excluding hydrogens is 368 g/mol. The lowest BCUT2D eigenvalue weighted by molar-refractivity contribution is -0.0429. The fourth-order valence-electron chi connectivity index (χ4n) is 4.09. The summed E-state index contributed by atoms with van der Waals surface area (Å²) in [6.45, 7) is 3.12. The van der Waals surface area contributed by atoms with E-state index in [1.165, 1.54) is 12.8 Å². The van der Waals surface area contributed by atoms with Gasteiger partial charge in [0.2, 0.25) is 0 Å². The zero-order valence-electron chi connectivity index (χ0n) is 17.1. The van der Waals surface area contributed by atoms with Gasteiger partial charge in [0.05, 0.1) is 13.2 Å². The summed E-state index contributed by atoms with van der Waals surface area (Å²) in [6.07, 6.45) is 8.66. The van der Waals surface area contributed by atoms with Crippen molar-refractivity contribution in [3.8, 4) is 11.5 Å². The average molecular weight is 396 g/mol. The molecule has 2 aliphatic rings. The molecule has 2 aromatic rings. The quantitative estimate of drug-likeness (QED) is 0.710. The van der Waals surface area contributed by atoms with E-state index in [1.807, 2.05) is 37.3 Å². The first kappa shape index (κ1) is 19.6. The number of pyridine rings is 1. The maximum atomic E-state index is 12.7. The fourth-order valence-corrected chi connectivity index (χ4v) is 4.09. The van der Waals surface area contributed by atoms with Crippen LogP contribution in [0.25, 0.3) is 0 Å². The second-order valence-electron chi connectivity index (χ2n) is 8.02. The van der Waals surface area contributed by atoms with Gasteiger partial charge in [0.1, 0.15) is 5.60 Å². The lowest BCUT2D eigenvalue weighted by Gasteiger charge is -2.39. The minimum absolute atomic E-state index is 0.233. The Morgan fingerprint density at radius 2 is 1.93 bits per heavy atom. The van der Waals surface area contributed by atoms with E-state index in [-0.39, 0.29) is 12.2 Å². The number of amides is 1. The Morgan fingerprint density at radius 3 is 2.62 bits per heavy atom. The van der Waals surface area contributed by atoms with Crippen molar-refractivity contribution in [3.63, 3.8) is 0 Å². The molecule has 0 spiro atoms. The second kappa shape index (κ2) is 8.31. The number of ether oxygens (including phenoxy) is 3. The van der Waals surface area contributed by atoms with Gasteiger partial charge in [0, 0.05) is 31.9 Å². The monoisotopic (exact) mass is 396 g/mol. The molecule has 29 heavy (non-hydrogen) atoms. The SMILES string of the molecule is COc1ccc(C2(C)CCN(Cc3ccncc3)C(=O)O2)cc1OC1CCCC1. The molecule has 154 valence electrons. The normalized spacial score (nSPS) is 22.4. The first-order chi connectivity index (χ1) is 14.1. The van der Waals surface area contributed by atoms with Crippen molar-refractivity contribution in [2.24, 2.45) is 0 Å². The number of rotatable bonds is 6. The van der Waals surface area contributed by atoms with E-state index < -0.39 is 5.60 Å². The number of aromatic nitrogens is 1. The Bertz CT molecular complexity index is 851. The summed E-state index contributed by atoms with van der Waals surface area (Å²) in [5.74, 6) is 1.44. The minimum Gasteiger partial charge on any atom is -0.493 e. The molecule has 1 amide bonds. The van der Waals surface area contributed by atoms with Crippen molar-refractivity contribution in [3.05, 3.63) is 53.9 Å². The molecule has 6 nitrogen and oxygen atoms in total. The van der Waals surface area contributed by atoms with Crippen LogP contribution in [0.4, 0.5) is 4.79 Å². The van der Waals surface area contributed by atoms with Crippen molar-refractivity contribution >= 4 is 6.09 Å². The van der Waals surface area contributed by atoms with Gasteiger partial charge >= 0.3 is 6.09 Å². The summed E-state index contributed by atoms with van der Waals surface area (Å²) in [4.78, 5) is 18.5. The highest BCUT2D eigenvalue weighted by Crippen LogP contribution is 2.39. The predicted molar refractivity (Wildman–Crippen MR) is 109 cm³/mol. The van der Waals surface area contributed by atoms with Gasteiger partial charge < -0.3 is 19.1 Å². The zero-order valence-corrected chi connectivity index (χ0v) is 17.1. The van der Waals surface area contributed by atoms with Gasteiger partial charge in [-0.2, -0.15) is 0 Å². The van der Waals surface area contributed by atoms with E-state index in [1.54, 1.807) is 24.4 Å². The van der Waals surface area contributed by atoms with Crippen LogP contribution in [-0.4, -0.2) is 35.7 Å². The lowest BCUT2D eigenvalue weighted by Crippen LogP contribution is -2.46. The van der Waals surface area contributed by atoms with Crippen molar-refractivity contribution in [2.45, 2.75) is 57.3 Å². The van der Waals surface area contributed by atoms with Crippen molar-refractivity contribution in [1.29, 1.82) is 0 Å². The highest BCUT2D eigenvalue weighted by atomic mass is 16.6. The molecule has 0 bridgehead atoms. The molecule has 2 heterocycles. The van der Waals surface area contributed by atoms with Crippen LogP contribution in [0.5, 0.6) is 11.5 Å². The maximum Gasteiger partial charge on any atom is 0.410 e. The molecule has 1 saturated heterocycles. The van der Waals surface area contributed by atoms with Gasteiger partial charge in [-0.05, 0) is 68.0 Å². The molecule has 1 aromatic carbocycles. The summed E-state index contributed by atoms with van der Waals surface area (Å²) in [6, 6.07) is 9.67. The predicted octanol–water partition coefficient (Wildman–Crippen LogP) is 4.67. The Labute approximate surface area is 171 Å². The molecule has 0 N–H and O–H groups in total. The maximum absolute atomic E-state index is 12.7. The van der Waals surface area contributed by atoms with E-state index in [9.17, 15) is 4.79 Å². The number of hydrogen-bond acceptors (Lipinski definition) is 5. The van der Waals surface area contributed by atoms with E-state index in [0.29, 0.717) is 25.3 Å². The van der Waals surface area contributed by atoms with Crippen LogP contribution < -0.4 is 9.47 Å². The molecule has 1 aliphatic heterocycles. The molecule has 6 heteroatoms. The van der Waals surface area contributed by atoms with Crippen LogP contribution in [0.3, 0.4) is 0 Å². The fraction of sp³-hybridized carbons (Fsp3) is 0.478. The summed E-state index contributed by atoms with van der Waals surface area (Å²) < 4.78 is 17.6. The number of hydrogen-bond donors (Lipinski definition) is 0. The van der Waals surface area contributed by atoms with Crippen molar-refractivity contribution in [1.82, 2.24) is 9.88 Å². The molecule has 1 unspecified atom stereocenters. The van der Waals surface area contributed by atoms with Gasteiger partial charge in [-0.3, -0.25) is 4.98 Å². The van der Waals surface area contributed by atoms with E-state index in [0.717, 1.165) is 29.7 Å². The third-order valence-corrected chi connectivity index (χ3v) is 5.92. The first-order valence-electron chi connectivity index (χ1n) is 10.3. The van der Waals surface area contributed by atoms with E-state index in [2.05, 4.69) is 4.98 Å². The first-order valence-corrected chi connectivity index (χ1v) is 10.3. The van der Waals surface area contributed by atoms with E-state index >= 15 is 0 Å². The number of carbonyl (C=O) groups is 1. The highest BCUT2D eigenvalue weighted by Gasteiger charge is 2.39. The van der Waals surface area contributed by atoms with Crippen LogP contribution in [0.2, 0.25) is 0 Å². The Kier molecular flexibility index (Phi) is 5.60. The molecule has 1 aromatic heterocycles. The molecule has 2 fully saturated rings. The molecule has 1 aliphatic carbocycles. The number of methoxy groups -OCH3 is 1. The van der Waals surface area contributed by atoms with Gasteiger partial charge in [0.15, 0.2) is 11.5 Å². The van der Waals surface area contributed by atoms with Crippen LogP contribution in [0.1, 0.15) is 50.2 Å². The van der Waals surface area contributed by atoms with Crippen LogP contribution >= 0.6 is 0 Å². The van der Waals surface area contributed by atoms with Gasteiger partial charge in [-0.25, -0.2) is 4.79 Å². The highest BCUT2D eigenvalue weighted by molar-refractivity contribution is 5.69. The molecule has 1 atom stereocenters. The van der Waals surface area contributed by atoms with Crippen molar-refractivity contribution in [2.75, 3.05) is 13.7 Å². The average Bonchev–Trinajstić information content (AvgIpc) is 3.24. The van der Waals surface area contributed by atoms with E-state index in [4.69, 9.17) is 14.2 Å². The number of benzene rings is 1. The molecule has 1 saturated carbocycles. The van der Waals surface area contributed by atoms with Crippen molar-refractivity contribution < 1.29 is 19.0 Å².